The van der Waals surface area contributed by atoms with Crippen LogP contribution in [0.25, 0.3) is 0 Å². The molecule has 0 aliphatic heterocycles. The number of hydrogen-bond donors (Lipinski definition) is 2. The van der Waals surface area contributed by atoms with Gasteiger partial charge in [0.25, 0.3) is 0 Å². The number of carbonyl (C=O) groups excluding carboxylic acids is 1. The van der Waals surface area contributed by atoms with E-state index in [9.17, 15) is 4.79 Å². The number of nitrogens with zero attached hydrogens (tertiary/aromatic N) is 1. The van der Waals surface area contributed by atoms with Gasteiger partial charge in [-0.15, -0.1) is 0 Å². The third-order valence-corrected chi connectivity index (χ3v) is 2.00. The van der Waals surface area contributed by atoms with E-state index < -0.39 is 0 Å². The molecule has 0 bridgehead atoms. The summed E-state index contributed by atoms with van der Waals surface area (Å²) in [4.78, 5) is 15.6. The summed E-state index contributed by atoms with van der Waals surface area (Å²) in [5, 5.41) is 5.98. The summed E-state index contributed by atoms with van der Waals surface area (Å²) < 4.78 is 0. The Bertz CT molecular complexity index is 350. The number of rotatable bonds is 5. The summed E-state index contributed by atoms with van der Waals surface area (Å²) in [6.45, 7) is 6.90. The molecule has 1 aromatic heterocycles. The maximum absolute atomic E-state index is 11.5. The van der Waals surface area contributed by atoms with Crippen LogP contribution in [0.5, 0.6) is 0 Å². The predicted molar refractivity (Wildman–Crippen MR) is 66.5 cm³/mol. The maximum Gasteiger partial charge on any atom is 0.224 e. The number of anilines is 2. The highest BCUT2D eigenvalue weighted by Gasteiger charge is 2.05. The molecule has 0 saturated carbocycles. The van der Waals surface area contributed by atoms with Crippen molar-refractivity contribution < 1.29 is 4.79 Å². The number of hydrogen-bond acceptors (Lipinski definition) is 3. The van der Waals surface area contributed by atoms with Crippen molar-refractivity contribution in [3.63, 3.8) is 0 Å². The van der Waals surface area contributed by atoms with E-state index in [0.717, 1.165) is 17.9 Å². The van der Waals surface area contributed by atoms with E-state index in [0.29, 0.717) is 12.3 Å². The number of amides is 1. The van der Waals surface area contributed by atoms with Crippen LogP contribution < -0.4 is 10.6 Å². The van der Waals surface area contributed by atoms with Crippen molar-refractivity contribution in [3.05, 3.63) is 18.5 Å². The number of pyridine rings is 1. The van der Waals surface area contributed by atoms with Crippen LogP contribution >= 0.6 is 0 Å². The van der Waals surface area contributed by atoms with E-state index in [-0.39, 0.29) is 5.91 Å². The summed E-state index contributed by atoms with van der Waals surface area (Å²) >= 11 is 0. The molecule has 88 valence electrons. The van der Waals surface area contributed by atoms with Gasteiger partial charge >= 0.3 is 0 Å². The molecule has 0 radical (unpaired) electrons. The van der Waals surface area contributed by atoms with Crippen LogP contribution in [-0.4, -0.2) is 17.4 Å². The minimum absolute atomic E-state index is 0.0328. The molecule has 0 spiro atoms. The normalized spacial score (nSPS) is 10.2. The molecule has 0 aliphatic carbocycles. The van der Waals surface area contributed by atoms with E-state index in [1.54, 1.807) is 12.4 Å². The van der Waals surface area contributed by atoms with Crippen LogP contribution in [-0.2, 0) is 4.79 Å². The van der Waals surface area contributed by atoms with E-state index >= 15 is 0 Å². The summed E-state index contributed by atoms with van der Waals surface area (Å²) in [6, 6.07) is 1.88. The summed E-state index contributed by atoms with van der Waals surface area (Å²) in [6.07, 6.45) is 3.92. The quantitative estimate of drug-likeness (QED) is 0.803. The topological polar surface area (TPSA) is 54.0 Å². The number of aromatic nitrogens is 1. The van der Waals surface area contributed by atoms with Gasteiger partial charge in [-0.1, -0.05) is 13.8 Å². The molecule has 1 heterocycles. The van der Waals surface area contributed by atoms with Crippen molar-refractivity contribution in [2.75, 3.05) is 17.2 Å². The summed E-state index contributed by atoms with van der Waals surface area (Å²) in [7, 11) is 0. The Morgan fingerprint density at radius 2 is 2.06 bits per heavy atom. The highest BCUT2D eigenvalue weighted by atomic mass is 16.1. The zero-order chi connectivity index (χ0) is 12.0. The third-order valence-electron chi connectivity index (χ3n) is 2.00. The zero-order valence-electron chi connectivity index (χ0n) is 10.1. The van der Waals surface area contributed by atoms with Gasteiger partial charge in [0, 0.05) is 13.0 Å². The van der Waals surface area contributed by atoms with Crippen molar-refractivity contribution in [2.24, 2.45) is 5.92 Å². The van der Waals surface area contributed by atoms with Gasteiger partial charge in [-0.05, 0) is 18.9 Å². The Labute approximate surface area is 96.5 Å². The van der Waals surface area contributed by atoms with Gasteiger partial charge < -0.3 is 10.6 Å². The SMILES string of the molecule is CCNc1cncc(NC(=O)CC(C)C)c1. The van der Waals surface area contributed by atoms with Crippen LogP contribution in [0.1, 0.15) is 27.2 Å². The van der Waals surface area contributed by atoms with E-state index in [1.165, 1.54) is 0 Å². The third kappa shape index (κ3) is 4.29. The van der Waals surface area contributed by atoms with Crippen LogP contribution in [0.15, 0.2) is 18.5 Å². The summed E-state index contributed by atoms with van der Waals surface area (Å²) in [5.74, 6) is 0.398. The lowest BCUT2D eigenvalue weighted by Gasteiger charge is -2.08. The molecule has 4 heteroatoms. The second-order valence-electron chi connectivity index (χ2n) is 4.14. The molecule has 16 heavy (non-hydrogen) atoms. The van der Waals surface area contributed by atoms with E-state index in [4.69, 9.17) is 0 Å². The first-order chi connectivity index (χ1) is 7.61. The molecular weight excluding hydrogens is 202 g/mol. The molecule has 0 fully saturated rings. The smallest absolute Gasteiger partial charge is 0.224 e. The fraction of sp³-hybridized carbons (Fsp3) is 0.500. The van der Waals surface area contributed by atoms with Crippen LogP contribution in [0.4, 0.5) is 11.4 Å². The second-order valence-corrected chi connectivity index (χ2v) is 4.14. The lowest BCUT2D eigenvalue weighted by Crippen LogP contribution is -2.14. The van der Waals surface area contributed by atoms with Gasteiger partial charge in [0.05, 0.1) is 23.8 Å². The Balaban J connectivity index is 2.59. The largest absolute Gasteiger partial charge is 0.384 e. The minimum Gasteiger partial charge on any atom is -0.384 e. The molecule has 0 aliphatic rings. The fourth-order valence-corrected chi connectivity index (χ4v) is 1.39. The first-order valence-corrected chi connectivity index (χ1v) is 5.60. The molecule has 2 N–H and O–H groups in total. The molecule has 0 unspecified atom stereocenters. The molecule has 0 atom stereocenters. The first-order valence-electron chi connectivity index (χ1n) is 5.60. The van der Waals surface area contributed by atoms with Crippen LogP contribution in [0, 0.1) is 5.92 Å². The molecular formula is C12H19N3O. The Kier molecular flexibility index (Phi) is 4.76. The van der Waals surface area contributed by atoms with Gasteiger partial charge in [-0.3, -0.25) is 9.78 Å². The van der Waals surface area contributed by atoms with Gasteiger partial charge in [-0.2, -0.15) is 0 Å². The summed E-state index contributed by atoms with van der Waals surface area (Å²) in [5.41, 5.74) is 1.66. The predicted octanol–water partition coefficient (Wildman–Crippen LogP) is 2.50. The Morgan fingerprint density at radius 3 is 2.69 bits per heavy atom. The molecule has 1 rings (SSSR count). The Morgan fingerprint density at radius 1 is 1.38 bits per heavy atom. The Hall–Kier alpha value is -1.58. The molecule has 4 nitrogen and oxygen atoms in total. The highest BCUT2D eigenvalue weighted by molar-refractivity contribution is 5.91. The second kappa shape index (κ2) is 6.10. The van der Waals surface area contributed by atoms with Gasteiger partial charge in [-0.25, -0.2) is 0 Å². The lowest BCUT2D eigenvalue weighted by molar-refractivity contribution is -0.116. The molecule has 0 saturated heterocycles. The van der Waals surface area contributed by atoms with Gasteiger partial charge in [0.15, 0.2) is 0 Å². The number of carbonyl (C=O) groups is 1. The van der Waals surface area contributed by atoms with Crippen molar-refractivity contribution in [1.29, 1.82) is 0 Å². The van der Waals surface area contributed by atoms with Crippen LogP contribution in [0.3, 0.4) is 0 Å². The lowest BCUT2D eigenvalue weighted by atomic mass is 10.1. The van der Waals surface area contributed by atoms with Crippen molar-refractivity contribution >= 4 is 17.3 Å². The monoisotopic (exact) mass is 221 g/mol. The van der Waals surface area contributed by atoms with Crippen LogP contribution in [0.2, 0.25) is 0 Å². The molecule has 1 amide bonds. The zero-order valence-corrected chi connectivity index (χ0v) is 10.1. The van der Waals surface area contributed by atoms with Gasteiger partial charge in [0.2, 0.25) is 5.91 Å². The highest BCUT2D eigenvalue weighted by Crippen LogP contribution is 2.13. The van der Waals surface area contributed by atoms with Crippen molar-refractivity contribution in [1.82, 2.24) is 4.98 Å². The average Bonchev–Trinajstić information content (AvgIpc) is 2.17. The maximum atomic E-state index is 11.5. The molecule has 0 aromatic carbocycles. The van der Waals surface area contributed by atoms with Crippen molar-refractivity contribution in [2.45, 2.75) is 27.2 Å². The number of nitrogens with one attached hydrogen (secondary N) is 2. The van der Waals surface area contributed by atoms with E-state index in [1.807, 2.05) is 26.8 Å². The standard InChI is InChI=1S/C12H19N3O/c1-4-14-10-6-11(8-13-7-10)15-12(16)5-9(2)3/h6-9,14H,4-5H2,1-3H3,(H,15,16). The van der Waals surface area contributed by atoms with E-state index in [2.05, 4.69) is 15.6 Å². The van der Waals surface area contributed by atoms with Crippen molar-refractivity contribution in [3.8, 4) is 0 Å². The molecule has 1 aromatic rings. The first kappa shape index (κ1) is 12.5. The average molecular weight is 221 g/mol. The fourth-order valence-electron chi connectivity index (χ4n) is 1.39. The minimum atomic E-state index is 0.0328. The van der Waals surface area contributed by atoms with Gasteiger partial charge in [0.1, 0.15) is 0 Å².